The van der Waals surface area contributed by atoms with Gasteiger partial charge in [-0.2, -0.15) is 15.0 Å². The number of anilines is 6. The van der Waals surface area contributed by atoms with Gasteiger partial charge in [0.15, 0.2) is 0 Å². The van der Waals surface area contributed by atoms with Gasteiger partial charge in [0.25, 0.3) is 0 Å². The lowest BCUT2D eigenvalue weighted by Gasteiger charge is -2.16. The Labute approximate surface area is 205 Å². The van der Waals surface area contributed by atoms with E-state index < -0.39 is 6.04 Å². The van der Waals surface area contributed by atoms with E-state index in [0.29, 0.717) is 11.9 Å². The minimum atomic E-state index is -0.585. The van der Waals surface area contributed by atoms with Crippen molar-refractivity contribution in [1.82, 2.24) is 15.0 Å². The highest BCUT2D eigenvalue weighted by Gasteiger charge is 2.16. The number of carbonyl (C=O) groups excluding carboxylic acids is 1. The zero-order valence-corrected chi connectivity index (χ0v) is 20.3. The molecule has 3 aromatic carbocycles. The van der Waals surface area contributed by atoms with Gasteiger partial charge in [-0.05, 0) is 64.1 Å². The molecule has 8 nitrogen and oxygen atoms in total. The molecular formula is C27H29N7O. The molecule has 0 aliphatic rings. The Balaban J connectivity index is 1.54. The Kier molecular flexibility index (Phi) is 7.21. The van der Waals surface area contributed by atoms with E-state index in [1.807, 2.05) is 93.6 Å². The van der Waals surface area contributed by atoms with Crippen LogP contribution in [0.3, 0.4) is 0 Å². The predicted molar refractivity (Wildman–Crippen MR) is 142 cm³/mol. The van der Waals surface area contributed by atoms with Gasteiger partial charge >= 0.3 is 0 Å². The molecule has 1 aromatic heterocycles. The zero-order valence-electron chi connectivity index (χ0n) is 20.3. The van der Waals surface area contributed by atoms with E-state index in [9.17, 15) is 4.79 Å². The number of hydrogen-bond acceptors (Lipinski definition) is 7. The van der Waals surface area contributed by atoms with Gasteiger partial charge in [0.2, 0.25) is 23.8 Å². The number of rotatable bonds is 8. The maximum absolute atomic E-state index is 12.7. The van der Waals surface area contributed by atoms with Gasteiger partial charge in [-0.1, -0.05) is 53.1 Å². The average Bonchev–Trinajstić information content (AvgIpc) is 2.83. The Morgan fingerprint density at radius 1 is 0.600 bits per heavy atom. The van der Waals surface area contributed by atoms with Crippen molar-refractivity contribution in [1.29, 1.82) is 0 Å². The lowest BCUT2D eigenvalue weighted by Crippen LogP contribution is -2.32. The number of aromatic nitrogens is 3. The molecule has 35 heavy (non-hydrogen) atoms. The van der Waals surface area contributed by atoms with Crippen LogP contribution in [-0.2, 0) is 4.79 Å². The van der Waals surface area contributed by atoms with Crippen molar-refractivity contribution in [2.45, 2.75) is 33.7 Å². The minimum absolute atomic E-state index is 0.199. The van der Waals surface area contributed by atoms with Crippen molar-refractivity contribution >= 4 is 40.8 Å². The summed E-state index contributed by atoms with van der Waals surface area (Å²) in [5, 5.41) is 12.4. The summed E-state index contributed by atoms with van der Waals surface area (Å²) in [5.41, 5.74) is 5.86. The van der Waals surface area contributed by atoms with Crippen LogP contribution in [0.4, 0.5) is 34.9 Å². The molecule has 8 heteroatoms. The van der Waals surface area contributed by atoms with Crippen LogP contribution in [-0.4, -0.2) is 26.9 Å². The summed E-state index contributed by atoms with van der Waals surface area (Å²) in [6.07, 6.45) is 0. The number of carbonyl (C=O) groups is 1. The molecule has 4 rings (SSSR count). The molecule has 4 N–H and O–H groups in total. The van der Waals surface area contributed by atoms with E-state index in [0.717, 1.165) is 33.8 Å². The first-order chi connectivity index (χ1) is 16.8. The number of amides is 1. The van der Waals surface area contributed by atoms with E-state index in [1.54, 1.807) is 6.92 Å². The first-order valence-corrected chi connectivity index (χ1v) is 11.4. The second-order valence-corrected chi connectivity index (χ2v) is 8.51. The second kappa shape index (κ2) is 10.6. The Bertz CT molecular complexity index is 1220. The van der Waals surface area contributed by atoms with Gasteiger partial charge in [-0.3, -0.25) is 4.79 Å². The Hall–Kier alpha value is -4.46. The van der Waals surface area contributed by atoms with Crippen LogP contribution < -0.4 is 21.3 Å². The third-order valence-corrected chi connectivity index (χ3v) is 5.31. The van der Waals surface area contributed by atoms with E-state index in [4.69, 9.17) is 0 Å². The number of nitrogens with zero attached hydrogens (tertiary/aromatic N) is 3. The maximum Gasteiger partial charge on any atom is 0.246 e. The highest BCUT2D eigenvalue weighted by atomic mass is 16.2. The van der Waals surface area contributed by atoms with Crippen LogP contribution in [0.2, 0.25) is 0 Å². The normalized spacial score (nSPS) is 11.4. The molecular weight excluding hydrogens is 438 g/mol. The Morgan fingerprint density at radius 2 is 0.971 bits per heavy atom. The van der Waals surface area contributed by atoms with Crippen molar-refractivity contribution in [2.75, 3.05) is 21.3 Å². The van der Waals surface area contributed by atoms with E-state index in [-0.39, 0.29) is 11.9 Å². The lowest BCUT2D eigenvalue weighted by molar-refractivity contribution is -0.116. The number of aryl methyl sites for hydroxylation is 3. The highest BCUT2D eigenvalue weighted by molar-refractivity contribution is 5.96. The molecule has 0 unspecified atom stereocenters. The summed E-state index contributed by atoms with van der Waals surface area (Å²) in [5.74, 6) is 0.783. The summed E-state index contributed by atoms with van der Waals surface area (Å²) in [7, 11) is 0. The molecule has 0 radical (unpaired) electrons. The molecule has 1 heterocycles. The predicted octanol–water partition coefficient (Wildman–Crippen LogP) is 5.72. The quantitative estimate of drug-likeness (QED) is 0.263. The highest BCUT2D eigenvalue weighted by Crippen LogP contribution is 2.20. The van der Waals surface area contributed by atoms with Crippen molar-refractivity contribution in [3.8, 4) is 0 Å². The van der Waals surface area contributed by atoms with E-state index >= 15 is 0 Å². The largest absolute Gasteiger partial charge is 0.342 e. The van der Waals surface area contributed by atoms with Gasteiger partial charge < -0.3 is 21.3 Å². The Morgan fingerprint density at radius 3 is 1.40 bits per heavy atom. The molecule has 0 saturated carbocycles. The van der Waals surface area contributed by atoms with E-state index in [2.05, 4.69) is 36.2 Å². The van der Waals surface area contributed by atoms with Gasteiger partial charge in [-0.15, -0.1) is 0 Å². The summed E-state index contributed by atoms with van der Waals surface area (Å²) in [6.45, 7) is 7.82. The first kappa shape index (κ1) is 23.7. The van der Waals surface area contributed by atoms with Crippen LogP contribution in [0.5, 0.6) is 0 Å². The summed E-state index contributed by atoms with van der Waals surface area (Å²) in [6, 6.07) is 22.9. The monoisotopic (exact) mass is 467 g/mol. The van der Waals surface area contributed by atoms with Crippen molar-refractivity contribution in [2.24, 2.45) is 0 Å². The molecule has 1 amide bonds. The standard InChI is InChI=1S/C27H29N7O/c1-17-5-11-21(12-6-17)29-24(35)20(4)28-25-32-26(30-22-13-7-18(2)8-14-22)34-27(33-25)31-23-15-9-19(3)10-16-23/h5-16,20H,1-4H3,(H,29,35)(H3,28,30,31,32,33,34)/t20-/m0/s1. The van der Waals surface area contributed by atoms with Crippen molar-refractivity contribution < 1.29 is 4.79 Å². The van der Waals surface area contributed by atoms with Crippen molar-refractivity contribution in [3.05, 3.63) is 89.5 Å². The van der Waals surface area contributed by atoms with E-state index in [1.165, 1.54) is 0 Å². The molecule has 4 aromatic rings. The second-order valence-electron chi connectivity index (χ2n) is 8.51. The molecule has 0 spiro atoms. The van der Waals surface area contributed by atoms with Crippen LogP contribution in [0.1, 0.15) is 23.6 Å². The molecule has 178 valence electrons. The summed E-state index contributed by atoms with van der Waals surface area (Å²) < 4.78 is 0. The maximum atomic E-state index is 12.7. The summed E-state index contributed by atoms with van der Waals surface area (Å²) >= 11 is 0. The third-order valence-electron chi connectivity index (χ3n) is 5.31. The molecule has 0 aliphatic carbocycles. The molecule has 0 saturated heterocycles. The third kappa shape index (κ3) is 6.77. The fourth-order valence-electron chi connectivity index (χ4n) is 3.23. The number of hydrogen-bond donors (Lipinski definition) is 4. The SMILES string of the molecule is Cc1ccc(NC(=O)[C@H](C)Nc2nc(Nc3ccc(C)cc3)nc(Nc3ccc(C)cc3)n2)cc1. The fraction of sp³-hybridized carbons (Fsp3) is 0.185. The van der Waals surface area contributed by atoms with Crippen LogP contribution >= 0.6 is 0 Å². The average molecular weight is 468 g/mol. The van der Waals surface area contributed by atoms with Crippen LogP contribution in [0, 0.1) is 20.8 Å². The minimum Gasteiger partial charge on any atom is -0.342 e. The molecule has 0 aliphatic heterocycles. The van der Waals surface area contributed by atoms with Gasteiger partial charge in [-0.25, -0.2) is 0 Å². The first-order valence-electron chi connectivity index (χ1n) is 11.4. The topological polar surface area (TPSA) is 104 Å². The molecule has 0 bridgehead atoms. The smallest absolute Gasteiger partial charge is 0.246 e. The van der Waals surface area contributed by atoms with Gasteiger partial charge in [0, 0.05) is 17.1 Å². The molecule has 0 fully saturated rings. The fourth-order valence-corrected chi connectivity index (χ4v) is 3.23. The number of nitrogens with one attached hydrogen (secondary N) is 4. The van der Waals surface area contributed by atoms with Gasteiger partial charge in [0.1, 0.15) is 6.04 Å². The van der Waals surface area contributed by atoms with Crippen molar-refractivity contribution in [3.63, 3.8) is 0 Å². The number of benzene rings is 3. The summed E-state index contributed by atoms with van der Waals surface area (Å²) in [4.78, 5) is 26.2. The molecule has 1 atom stereocenters. The zero-order chi connectivity index (χ0) is 24.8. The van der Waals surface area contributed by atoms with Gasteiger partial charge in [0.05, 0.1) is 0 Å². The van der Waals surface area contributed by atoms with Crippen LogP contribution in [0.25, 0.3) is 0 Å². The van der Waals surface area contributed by atoms with Crippen LogP contribution in [0.15, 0.2) is 72.8 Å². The lowest BCUT2D eigenvalue weighted by atomic mass is 10.2.